The van der Waals surface area contributed by atoms with Gasteiger partial charge in [-0.05, 0) is 50.5 Å². The molecule has 2 aromatic carbocycles. The predicted molar refractivity (Wildman–Crippen MR) is 108 cm³/mol. The summed E-state index contributed by atoms with van der Waals surface area (Å²) in [5.41, 5.74) is 6.60. The Labute approximate surface area is 160 Å². The second-order valence-corrected chi connectivity index (χ2v) is 7.11. The van der Waals surface area contributed by atoms with E-state index in [-0.39, 0.29) is 5.91 Å². The average molecular weight is 360 g/mol. The van der Waals surface area contributed by atoms with Gasteiger partial charge in [0.05, 0.1) is 24.6 Å². The Morgan fingerprint density at radius 3 is 2.41 bits per heavy atom. The fourth-order valence-electron chi connectivity index (χ4n) is 3.28. The van der Waals surface area contributed by atoms with E-state index in [4.69, 9.17) is 4.99 Å². The zero-order valence-electron chi connectivity index (χ0n) is 16.5. The molecule has 27 heavy (non-hydrogen) atoms. The molecule has 5 nitrogen and oxygen atoms in total. The second-order valence-electron chi connectivity index (χ2n) is 7.11. The van der Waals surface area contributed by atoms with Gasteiger partial charge < -0.3 is 9.80 Å². The van der Waals surface area contributed by atoms with Gasteiger partial charge in [0.25, 0.3) is 0 Å². The number of aryl methyl sites for hydroxylation is 2. The van der Waals surface area contributed by atoms with Crippen molar-refractivity contribution < 1.29 is 4.79 Å². The van der Waals surface area contributed by atoms with Crippen LogP contribution in [0, 0.1) is 32.1 Å². The van der Waals surface area contributed by atoms with Crippen LogP contribution in [0.3, 0.4) is 0 Å². The molecule has 0 spiro atoms. The molecule has 3 rings (SSSR count). The minimum atomic E-state index is 0.0599. The monoisotopic (exact) mass is 360 g/mol. The summed E-state index contributed by atoms with van der Waals surface area (Å²) < 4.78 is 0. The minimum Gasteiger partial charge on any atom is -0.324 e. The third-order valence-corrected chi connectivity index (χ3v) is 5.11. The van der Waals surface area contributed by atoms with Crippen molar-refractivity contribution in [3.63, 3.8) is 0 Å². The fourth-order valence-corrected chi connectivity index (χ4v) is 3.28. The highest BCUT2D eigenvalue weighted by atomic mass is 16.2. The molecule has 2 aromatic rings. The van der Waals surface area contributed by atoms with Crippen molar-refractivity contribution in [2.75, 3.05) is 13.3 Å². The largest absolute Gasteiger partial charge is 0.324 e. The van der Waals surface area contributed by atoms with E-state index in [0.717, 1.165) is 33.7 Å². The molecule has 0 atom stereocenters. The lowest BCUT2D eigenvalue weighted by molar-refractivity contribution is -0.139. The molecule has 1 aliphatic rings. The van der Waals surface area contributed by atoms with Gasteiger partial charge in [0.2, 0.25) is 5.91 Å². The highest BCUT2D eigenvalue weighted by Crippen LogP contribution is 2.36. The van der Waals surface area contributed by atoms with Gasteiger partial charge in [0.1, 0.15) is 11.9 Å². The van der Waals surface area contributed by atoms with Crippen LogP contribution in [0.25, 0.3) is 11.1 Å². The number of aliphatic imine (C=N–C) groups is 1. The third-order valence-electron chi connectivity index (χ3n) is 5.11. The van der Waals surface area contributed by atoms with E-state index in [0.29, 0.717) is 24.6 Å². The molecule has 0 radical (unpaired) electrons. The maximum atomic E-state index is 11.4. The molecule has 0 aliphatic carbocycles. The maximum Gasteiger partial charge on any atom is 0.222 e. The number of amides is 1. The van der Waals surface area contributed by atoms with E-state index in [9.17, 15) is 10.1 Å². The lowest BCUT2D eigenvalue weighted by Gasteiger charge is -2.43. The zero-order valence-corrected chi connectivity index (χ0v) is 16.5. The first kappa shape index (κ1) is 18.7. The SMILES string of the molecule is CC(=O)N1CN(C(C)=Nc2cc(C)c(C)c(-c3cccc(C)c3)c2C#N)C1. The summed E-state index contributed by atoms with van der Waals surface area (Å²) in [5, 5.41) is 9.90. The highest BCUT2D eigenvalue weighted by Gasteiger charge is 2.27. The first-order valence-corrected chi connectivity index (χ1v) is 8.99. The van der Waals surface area contributed by atoms with Gasteiger partial charge in [-0.1, -0.05) is 29.8 Å². The molecule has 1 saturated heterocycles. The Balaban J connectivity index is 2.06. The number of hydrogen-bond donors (Lipinski definition) is 0. The molecule has 1 heterocycles. The molecule has 0 N–H and O–H groups in total. The quantitative estimate of drug-likeness (QED) is 0.593. The first-order valence-electron chi connectivity index (χ1n) is 8.99. The van der Waals surface area contributed by atoms with Crippen LogP contribution >= 0.6 is 0 Å². The van der Waals surface area contributed by atoms with Crippen LogP contribution in [0.1, 0.15) is 36.1 Å². The summed E-state index contributed by atoms with van der Waals surface area (Å²) in [6.45, 7) is 10.7. The van der Waals surface area contributed by atoms with Gasteiger partial charge in [-0.3, -0.25) is 4.79 Å². The number of benzene rings is 2. The molecule has 0 aromatic heterocycles. The molecule has 0 unspecified atom stereocenters. The number of carbonyl (C=O) groups is 1. The van der Waals surface area contributed by atoms with Crippen LogP contribution in [0.5, 0.6) is 0 Å². The predicted octanol–water partition coefficient (Wildman–Crippen LogP) is 4.28. The van der Waals surface area contributed by atoms with Crippen molar-refractivity contribution >= 4 is 17.4 Å². The minimum absolute atomic E-state index is 0.0599. The van der Waals surface area contributed by atoms with Crippen molar-refractivity contribution in [1.82, 2.24) is 9.80 Å². The normalized spacial score (nSPS) is 14.0. The van der Waals surface area contributed by atoms with Crippen LogP contribution in [-0.2, 0) is 4.79 Å². The van der Waals surface area contributed by atoms with Crippen LogP contribution in [0.15, 0.2) is 35.3 Å². The Morgan fingerprint density at radius 1 is 1.11 bits per heavy atom. The summed E-state index contributed by atoms with van der Waals surface area (Å²) in [4.78, 5) is 19.9. The van der Waals surface area contributed by atoms with Gasteiger partial charge in [0.15, 0.2) is 0 Å². The topological polar surface area (TPSA) is 59.7 Å². The van der Waals surface area contributed by atoms with Gasteiger partial charge in [0, 0.05) is 12.5 Å². The van der Waals surface area contributed by atoms with Gasteiger partial charge >= 0.3 is 0 Å². The molecule has 138 valence electrons. The Kier molecular flexibility index (Phi) is 5.00. The fraction of sp³-hybridized carbons (Fsp3) is 0.318. The van der Waals surface area contributed by atoms with Crippen molar-refractivity contribution in [2.24, 2.45) is 4.99 Å². The number of rotatable bonds is 2. The van der Waals surface area contributed by atoms with Crippen LogP contribution in [-0.4, -0.2) is 34.9 Å². The Morgan fingerprint density at radius 2 is 1.81 bits per heavy atom. The maximum absolute atomic E-state index is 11.4. The van der Waals surface area contributed by atoms with E-state index < -0.39 is 0 Å². The molecule has 0 bridgehead atoms. The lowest BCUT2D eigenvalue weighted by Crippen LogP contribution is -2.58. The van der Waals surface area contributed by atoms with E-state index in [2.05, 4.69) is 25.1 Å². The van der Waals surface area contributed by atoms with Crippen molar-refractivity contribution in [3.05, 3.63) is 52.6 Å². The van der Waals surface area contributed by atoms with Crippen LogP contribution in [0.4, 0.5) is 5.69 Å². The Hall–Kier alpha value is -3.13. The van der Waals surface area contributed by atoms with Crippen molar-refractivity contribution in [1.29, 1.82) is 5.26 Å². The Bertz CT molecular complexity index is 979. The molecule has 5 heteroatoms. The van der Waals surface area contributed by atoms with Gasteiger partial charge in [-0.2, -0.15) is 5.26 Å². The lowest BCUT2D eigenvalue weighted by atomic mass is 9.90. The zero-order chi connectivity index (χ0) is 19.7. The first-order chi connectivity index (χ1) is 12.8. The van der Waals surface area contributed by atoms with E-state index >= 15 is 0 Å². The number of amidine groups is 1. The third kappa shape index (κ3) is 3.56. The van der Waals surface area contributed by atoms with Crippen LogP contribution < -0.4 is 0 Å². The standard InChI is InChI=1S/C22H24N4O/c1-14-7-6-8-19(9-14)22-16(3)15(2)10-21(20(22)11-23)24-17(4)25-12-26(13-25)18(5)27/h6-10H,12-13H2,1-5H3. The second kappa shape index (κ2) is 7.24. The van der Waals surface area contributed by atoms with E-state index in [1.165, 1.54) is 0 Å². The number of hydrogen-bond acceptors (Lipinski definition) is 3. The van der Waals surface area contributed by atoms with Crippen molar-refractivity contribution in [2.45, 2.75) is 34.6 Å². The highest BCUT2D eigenvalue weighted by molar-refractivity contribution is 5.88. The van der Waals surface area contributed by atoms with Crippen LogP contribution in [0.2, 0.25) is 0 Å². The molecule has 0 saturated carbocycles. The number of nitriles is 1. The molecule has 1 amide bonds. The van der Waals surface area contributed by atoms with Gasteiger partial charge in [-0.25, -0.2) is 4.99 Å². The van der Waals surface area contributed by atoms with Crippen molar-refractivity contribution in [3.8, 4) is 17.2 Å². The molecular weight excluding hydrogens is 336 g/mol. The number of nitrogens with zero attached hydrogens (tertiary/aromatic N) is 4. The summed E-state index contributed by atoms with van der Waals surface area (Å²) >= 11 is 0. The molecular formula is C22H24N4O. The molecule has 1 aliphatic heterocycles. The van der Waals surface area contributed by atoms with E-state index in [1.54, 1.807) is 11.8 Å². The summed E-state index contributed by atoms with van der Waals surface area (Å²) in [6.07, 6.45) is 0. The van der Waals surface area contributed by atoms with E-state index in [1.807, 2.05) is 43.9 Å². The summed E-state index contributed by atoms with van der Waals surface area (Å²) in [6, 6.07) is 12.5. The average Bonchev–Trinajstić information content (AvgIpc) is 2.55. The summed E-state index contributed by atoms with van der Waals surface area (Å²) in [5.74, 6) is 0.868. The van der Waals surface area contributed by atoms with Gasteiger partial charge in [-0.15, -0.1) is 0 Å². The number of carbonyl (C=O) groups excluding carboxylic acids is 1. The molecule has 1 fully saturated rings. The summed E-state index contributed by atoms with van der Waals surface area (Å²) in [7, 11) is 0. The smallest absolute Gasteiger partial charge is 0.222 e.